The van der Waals surface area contributed by atoms with Gasteiger partial charge in [-0.15, -0.1) is 0 Å². The molecule has 27 heavy (non-hydrogen) atoms. The lowest BCUT2D eigenvalue weighted by Crippen LogP contribution is -2.13. The molecule has 0 saturated heterocycles. The molecule has 7 heteroatoms. The first-order valence-corrected chi connectivity index (χ1v) is 8.10. The molecular weight excluding hydrogens is 349 g/mol. The number of nitrogens with one attached hydrogen (secondary N) is 2. The summed E-state index contributed by atoms with van der Waals surface area (Å²) in [5.41, 5.74) is 1.97. The first kappa shape index (κ1) is 18.2. The Kier molecular flexibility index (Phi) is 5.51. The Morgan fingerprint density at radius 1 is 1.00 bits per heavy atom. The molecule has 0 unspecified atom stereocenters. The standard InChI is InChI=1S/C20H18FN3O3/c1-26-17-6-7-18(19(10-17)27-2)24-20(25)13-8-16(12-22-11-13)23-15-5-3-4-14(21)9-15/h3-12,23H,1-2H3,(H,24,25). The fourth-order valence-corrected chi connectivity index (χ4v) is 2.46. The zero-order chi connectivity index (χ0) is 19.2. The van der Waals surface area contributed by atoms with Crippen molar-refractivity contribution in [3.63, 3.8) is 0 Å². The molecule has 138 valence electrons. The fourth-order valence-electron chi connectivity index (χ4n) is 2.46. The van der Waals surface area contributed by atoms with Gasteiger partial charge in [-0.1, -0.05) is 6.07 Å². The van der Waals surface area contributed by atoms with Crippen LogP contribution in [-0.4, -0.2) is 25.1 Å². The maximum absolute atomic E-state index is 13.3. The highest BCUT2D eigenvalue weighted by molar-refractivity contribution is 6.05. The summed E-state index contributed by atoms with van der Waals surface area (Å²) in [4.78, 5) is 16.6. The van der Waals surface area contributed by atoms with Crippen molar-refractivity contribution in [3.05, 3.63) is 72.3 Å². The number of pyridine rings is 1. The summed E-state index contributed by atoms with van der Waals surface area (Å²) >= 11 is 0. The van der Waals surface area contributed by atoms with Gasteiger partial charge in [-0.2, -0.15) is 0 Å². The lowest BCUT2D eigenvalue weighted by atomic mass is 10.2. The Bertz CT molecular complexity index is 963. The molecule has 0 bridgehead atoms. The highest BCUT2D eigenvalue weighted by atomic mass is 19.1. The lowest BCUT2D eigenvalue weighted by Gasteiger charge is -2.12. The van der Waals surface area contributed by atoms with Crippen LogP contribution in [0.3, 0.4) is 0 Å². The van der Waals surface area contributed by atoms with E-state index in [4.69, 9.17) is 9.47 Å². The van der Waals surface area contributed by atoms with Crippen LogP contribution in [0.2, 0.25) is 0 Å². The van der Waals surface area contributed by atoms with Crippen molar-refractivity contribution in [1.82, 2.24) is 4.98 Å². The molecule has 0 fully saturated rings. The number of methoxy groups -OCH3 is 2. The predicted molar refractivity (Wildman–Crippen MR) is 101 cm³/mol. The smallest absolute Gasteiger partial charge is 0.257 e. The second-order valence-electron chi connectivity index (χ2n) is 5.62. The van der Waals surface area contributed by atoms with E-state index in [1.807, 2.05) is 0 Å². The van der Waals surface area contributed by atoms with Crippen LogP contribution in [0.15, 0.2) is 60.9 Å². The van der Waals surface area contributed by atoms with Gasteiger partial charge in [0.15, 0.2) is 0 Å². The van der Waals surface area contributed by atoms with E-state index in [1.165, 1.54) is 25.4 Å². The summed E-state index contributed by atoms with van der Waals surface area (Å²) in [6.45, 7) is 0. The number of ether oxygens (including phenoxy) is 2. The molecule has 0 radical (unpaired) electrons. The highest BCUT2D eigenvalue weighted by Crippen LogP contribution is 2.29. The number of carbonyl (C=O) groups is 1. The van der Waals surface area contributed by atoms with Crippen LogP contribution in [0, 0.1) is 5.82 Å². The van der Waals surface area contributed by atoms with Gasteiger partial charge in [0, 0.05) is 18.0 Å². The molecule has 2 N–H and O–H groups in total. The number of carbonyl (C=O) groups excluding carboxylic acids is 1. The molecular formula is C20H18FN3O3. The minimum absolute atomic E-state index is 0.342. The number of halogens is 1. The van der Waals surface area contributed by atoms with Crippen molar-refractivity contribution in [1.29, 1.82) is 0 Å². The van der Waals surface area contributed by atoms with Crippen molar-refractivity contribution in [3.8, 4) is 11.5 Å². The average molecular weight is 367 g/mol. The van der Waals surface area contributed by atoms with Gasteiger partial charge >= 0.3 is 0 Å². The van der Waals surface area contributed by atoms with Crippen molar-refractivity contribution >= 4 is 23.0 Å². The Hall–Kier alpha value is -3.61. The predicted octanol–water partition coefficient (Wildman–Crippen LogP) is 4.23. The summed E-state index contributed by atoms with van der Waals surface area (Å²) in [5, 5.41) is 5.80. The summed E-state index contributed by atoms with van der Waals surface area (Å²) in [6, 6.07) is 12.7. The van der Waals surface area contributed by atoms with Crippen molar-refractivity contribution in [2.75, 3.05) is 24.9 Å². The second kappa shape index (κ2) is 8.18. The maximum Gasteiger partial charge on any atom is 0.257 e. The van der Waals surface area contributed by atoms with E-state index in [0.29, 0.717) is 34.1 Å². The monoisotopic (exact) mass is 367 g/mol. The zero-order valence-electron chi connectivity index (χ0n) is 14.8. The van der Waals surface area contributed by atoms with Crippen molar-refractivity contribution < 1.29 is 18.7 Å². The largest absolute Gasteiger partial charge is 0.497 e. The molecule has 2 aromatic carbocycles. The summed E-state index contributed by atoms with van der Waals surface area (Å²) in [7, 11) is 3.06. The van der Waals surface area contributed by atoms with Gasteiger partial charge in [0.05, 0.1) is 37.4 Å². The topological polar surface area (TPSA) is 72.5 Å². The minimum atomic E-state index is -0.353. The molecule has 0 saturated carbocycles. The van der Waals surface area contributed by atoms with Crippen LogP contribution in [0.25, 0.3) is 0 Å². The van der Waals surface area contributed by atoms with Gasteiger partial charge in [-0.25, -0.2) is 4.39 Å². The van der Waals surface area contributed by atoms with Gasteiger partial charge in [0.25, 0.3) is 5.91 Å². The molecule has 6 nitrogen and oxygen atoms in total. The number of amides is 1. The van der Waals surface area contributed by atoms with Crippen molar-refractivity contribution in [2.45, 2.75) is 0 Å². The Balaban J connectivity index is 1.77. The van der Waals surface area contributed by atoms with Gasteiger partial charge in [0.2, 0.25) is 0 Å². The molecule has 0 aliphatic heterocycles. The molecule has 1 aromatic heterocycles. The Morgan fingerprint density at radius 3 is 2.59 bits per heavy atom. The van der Waals surface area contributed by atoms with Crippen LogP contribution >= 0.6 is 0 Å². The number of nitrogens with zero attached hydrogens (tertiary/aromatic N) is 1. The first-order valence-electron chi connectivity index (χ1n) is 8.10. The molecule has 0 aliphatic rings. The molecule has 0 spiro atoms. The van der Waals surface area contributed by atoms with Gasteiger partial charge < -0.3 is 20.1 Å². The highest BCUT2D eigenvalue weighted by Gasteiger charge is 2.12. The van der Waals surface area contributed by atoms with Gasteiger partial charge in [-0.3, -0.25) is 9.78 Å². The molecule has 1 amide bonds. The fraction of sp³-hybridized carbons (Fsp3) is 0.100. The summed E-state index contributed by atoms with van der Waals surface area (Å²) < 4.78 is 23.7. The number of rotatable bonds is 6. The number of anilines is 3. The molecule has 0 atom stereocenters. The van der Waals surface area contributed by atoms with E-state index in [2.05, 4.69) is 15.6 Å². The molecule has 0 aliphatic carbocycles. The Labute approximate surface area is 156 Å². The quantitative estimate of drug-likeness (QED) is 0.682. The van der Waals surface area contributed by atoms with Crippen LogP contribution in [0.5, 0.6) is 11.5 Å². The normalized spacial score (nSPS) is 10.2. The Morgan fingerprint density at radius 2 is 1.85 bits per heavy atom. The number of hydrogen-bond acceptors (Lipinski definition) is 5. The molecule has 1 heterocycles. The summed E-state index contributed by atoms with van der Waals surface area (Å²) in [5.74, 6) is 0.389. The molecule has 3 rings (SSSR count). The first-order chi connectivity index (χ1) is 13.1. The van der Waals surface area contributed by atoms with E-state index < -0.39 is 0 Å². The SMILES string of the molecule is COc1ccc(NC(=O)c2cncc(Nc3cccc(F)c3)c2)c(OC)c1. The molecule has 3 aromatic rings. The number of aromatic nitrogens is 1. The summed E-state index contributed by atoms with van der Waals surface area (Å²) in [6.07, 6.45) is 3.00. The van der Waals surface area contributed by atoms with E-state index in [-0.39, 0.29) is 11.7 Å². The zero-order valence-corrected chi connectivity index (χ0v) is 14.8. The van der Waals surface area contributed by atoms with E-state index >= 15 is 0 Å². The minimum Gasteiger partial charge on any atom is -0.497 e. The van der Waals surface area contributed by atoms with Gasteiger partial charge in [0.1, 0.15) is 17.3 Å². The third kappa shape index (κ3) is 4.52. The lowest BCUT2D eigenvalue weighted by molar-refractivity contribution is 0.102. The van der Waals surface area contributed by atoms with Gasteiger partial charge in [-0.05, 0) is 36.4 Å². The third-order valence-corrected chi connectivity index (χ3v) is 3.77. The maximum atomic E-state index is 13.3. The van der Waals surface area contributed by atoms with Crippen LogP contribution < -0.4 is 20.1 Å². The third-order valence-electron chi connectivity index (χ3n) is 3.77. The van der Waals surface area contributed by atoms with E-state index in [0.717, 1.165) is 0 Å². The van der Waals surface area contributed by atoms with Crippen LogP contribution in [0.1, 0.15) is 10.4 Å². The number of hydrogen-bond donors (Lipinski definition) is 2. The van der Waals surface area contributed by atoms with Crippen molar-refractivity contribution in [2.24, 2.45) is 0 Å². The average Bonchev–Trinajstić information content (AvgIpc) is 2.68. The van der Waals surface area contributed by atoms with Crippen LogP contribution in [0.4, 0.5) is 21.5 Å². The second-order valence-corrected chi connectivity index (χ2v) is 5.62. The number of benzene rings is 2. The van der Waals surface area contributed by atoms with Crippen LogP contribution in [-0.2, 0) is 0 Å². The van der Waals surface area contributed by atoms with E-state index in [9.17, 15) is 9.18 Å². The van der Waals surface area contributed by atoms with E-state index in [1.54, 1.807) is 49.7 Å².